The van der Waals surface area contributed by atoms with Crippen LogP contribution in [0.25, 0.3) is 0 Å². The molecule has 1 aromatic carbocycles. The average molecular weight is 268 g/mol. The van der Waals surface area contributed by atoms with E-state index in [1.165, 1.54) is 4.90 Å². The number of methoxy groups -OCH3 is 3. The molecule has 1 fully saturated rings. The molecule has 1 aromatic rings. The summed E-state index contributed by atoms with van der Waals surface area (Å²) in [7, 11) is 4.96. The molecule has 1 saturated heterocycles. The van der Waals surface area contributed by atoms with Crippen molar-refractivity contribution in [2.75, 3.05) is 47.6 Å². The van der Waals surface area contributed by atoms with Crippen LogP contribution in [-0.2, 0) is 11.3 Å². The van der Waals surface area contributed by atoms with Crippen molar-refractivity contribution in [3.05, 3.63) is 17.7 Å². The maximum Gasteiger partial charge on any atom is 0.164 e. The zero-order chi connectivity index (χ0) is 13.7. The third-order valence-corrected chi connectivity index (χ3v) is 3.43. The number of hydrogen-bond donors (Lipinski definition) is 1. The summed E-state index contributed by atoms with van der Waals surface area (Å²) in [5.74, 6) is 2.28. The van der Waals surface area contributed by atoms with Gasteiger partial charge in [0.15, 0.2) is 11.5 Å². The lowest BCUT2D eigenvalue weighted by molar-refractivity contribution is -0.921. The topological polar surface area (TPSA) is 41.4 Å². The van der Waals surface area contributed by atoms with Crippen LogP contribution in [0.4, 0.5) is 0 Å². The van der Waals surface area contributed by atoms with E-state index in [0.29, 0.717) is 5.75 Å². The molecule has 5 heteroatoms. The van der Waals surface area contributed by atoms with Crippen LogP contribution >= 0.6 is 0 Å². The van der Waals surface area contributed by atoms with Crippen molar-refractivity contribution in [3.8, 4) is 17.2 Å². The second kappa shape index (κ2) is 6.63. The van der Waals surface area contributed by atoms with Crippen molar-refractivity contribution in [2.24, 2.45) is 0 Å². The number of hydrogen-bond acceptors (Lipinski definition) is 4. The molecule has 0 aliphatic carbocycles. The minimum atomic E-state index is 0.695. The quantitative estimate of drug-likeness (QED) is 0.824. The van der Waals surface area contributed by atoms with E-state index in [4.69, 9.17) is 18.9 Å². The SMILES string of the molecule is COc1cc(OC)c(OC)cc1C[NH+]1CCOCC1. The van der Waals surface area contributed by atoms with Crippen molar-refractivity contribution in [3.63, 3.8) is 0 Å². The molecule has 0 unspecified atom stereocenters. The molecule has 0 spiro atoms. The van der Waals surface area contributed by atoms with Crippen LogP contribution in [0.5, 0.6) is 17.2 Å². The Morgan fingerprint density at radius 1 is 0.947 bits per heavy atom. The molecule has 5 nitrogen and oxygen atoms in total. The van der Waals surface area contributed by atoms with Gasteiger partial charge < -0.3 is 23.8 Å². The largest absolute Gasteiger partial charge is 0.496 e. The highest BCUT2D eigenvalue weighted by atomic mass is 16.5. The van der Waals surface area contributed by atoms with Crippen LogP contribution in [-0.4, -0.2) is 47.6 Å². The third-order valence-electron chi connectivity index (χ3n) is 3.43. The predicted octanol–water partition coefficient (Wildman–Crippen LogP) is 0.128. The standard InChI is InChI=1S/C14H21NO4/c1-16-12-9-14(18-3)13(17-2)8-11(12)10-15-4-6-19-7-5-15/h8-9H,4-7,10H2,1-3H3/p+1. The molecule has 0 bridgehead atoms. The van der Waals surface area contributed by atoms with E-state index in [1.807, 2.05) is 12.1 Å². The summed E-state index contributed by atoms with van der Waals surface area (Å²) in [5.41, 5.74) is 1.14. The Balaban J connectivity index is 2.21. The molecule has 2 rings (SSSR count). The van der Waals surface area contributed by atoms with Gasteiger partial charge in [-0.15, -0.1) is 0 Å². The lowest BCUT2D eigenvalue weighted by Gasteiger charge is -2.24. The molecule has 0 aromatic heterocycles. The van der Waals surface area contributed by atoms with Gasteiger partial charge in [-0.25, -0.2) is 0 Å². The first-order valence-corrected chi connectivity index (χ1v) is 6.48. The van der Waals surface area contributed by atoms with Crippen LogP contribution < -0.4 is 19.1 Å². The maximum absolute atomic E-state index is 5.45. The van der Waals surface area contributed by atoms with E-state index in [2.05, 4.69) is 0 Å². The van der Waals surface area contributed by atoms with Crippen molar-refractivity contribution >= 4 is 0 Å². The lowest BCUT2D eigenvalue weighted by atomic mass is 10.1. The fraction of sp³-hybridized carbons (Fsp3) is 0.571. The van der Waals surface area contributed by atoms with E-state index in [0.717, 1.165) is 49.9 Å². The minimum absolute atomic E-state index is 0.695. The predicted molar refractivity (Wildman–Crippen MR) is 71.3 cm³/mol. The number of benzene rings is 1. The van der Waals surface area contributed by atoms with E-state index < -0.39 is 0 Å². The summed E-state index contributed by atoms with van der Waals surface area (Å²) in [4.78, 5) is 1.50. The minimum Gasteiger partial charge on any atom is -0.496 e. The molecule has 1 aliphatic heterocycles. The Hall–Kier alpha value is -1.46. The Morgan fingerprint density at radius 3 is 2.11 bits per heavy atom. The zero-order valence-corrected chi connectivity index (χ0v) is 11.8. The maximum atomic E-state index is 5.45. The first kappa shape index (κ1) is 14.0. The molecule has 1 aliphatic rings. The zero-order valence-electron chi connectivity index (χ0n) is 11.8. The van der Waals surface area contributed by atoms with Crippen molar-refractivity contribution in [1.29, 1.82) is 0 Å². The molecular formula is C14H22NO4+. The first-order chi connectivity index (χ1) is 9.28. The molecule has 19 heavy (non-hydrogen) atoms. The van der Waals surface area contributed by atoms with Gasteiger partial charge in [-0.1, -0.05) is 0 Å². The van der Waals surface area contributed by atoms with Gasteiger partial charge in [0.25, 0.3) is 0 Å². The monoisotopic (exact) mass is 268 g/mol. The van der Waals surface area contributed by atoms with Gasteiger partial charge in [-0.05, 0) is 6.07 Å². The van der Waals surface area contributed by atoms with Gasteiger partial charge in [0.1, 0.15) is 25.4 Å². The summed E-state index contributed by atoms with van der Waals surface area (Å²) in [6, 6.07) is 3.88. The summed E-state index contributed by atoms with van der Waals surface area (Å²) in [5, 5.41) is 0. The van der Waals surface area contributed by atoms with E-state index in [1.54, 1.807) is 21.3 Å². The first-order valence-electron chi connectivity index (χ1n) is 6.48. The van der Waals surface area contributed by atoms with Gasteiger partial charge in [0, 0.05) is 6.07 Å². The molecule has 0 saturated carbocycles. The molecule has 1 heterocycles. The van der Waals surface area contributed by atoms with Crippen LogP contribution in [0.2, 0.25) is 0 Å². The Kier molecular flexibility index (Phi) is 4.87. The van der Waals surface area contributed by atoms with Crippen LogP contribution in [0.15, 0.2) is 12.1 Å². The highest BCUT2D eigenvalue weighted by molar-refractivity contribution is 5.50. The molecule has 0 radical (unpaired) electrons. The van der Waals surface area contributed by atoms with Crippen LogP contribution in [0.1, 0.15) is 5.56 Å². The molecule has 0 atom stereocenters. The molecule has 106 valence electrons. The number of rotatable bonds is 5. The van der Waals surface area contributed by atoms with Crippen LogP contribution in [0.3, 0.4) is 0 Å². The van der Waals surface area contributed by atoms with Crippen LogP contribution in [0, 0.1) is 0 Å². The number of ether oxygens (including phenoxy) is 4. The number of quaternary nitrogens is 1. The van der Waals surface area contributed by atoms with E-state index in [-0.39, 0.29) is 0 Å². The Morgan fingerprint density at radius 2 is 1.53 bits per heavy atom. The number of nitrogens with one attached hydrogen (secondary N) is 1. The smallest absolute Gasteiger partial charge is 0.164 e. The van der Waals surface area contributed by atoms with Gasteiger partial charge in [0.05, 0.1) is 40.1 Å². The molecule has 0 amide bonds. The normalized spacial score (nSPS) is 16.2. The highest BCUT2D eigenvalue weighted by Gasteiger charge is 2.19. The second-order valence-corrected chi connectivity index (χ2v) is 4.56. The van der Waals surface area contributed by atoms with Gasteiger partial charge >= 0.3 is 0 Å². The fourth-order valence-electron chi connectivity index (χ4n) is 2.34. The summed E-state index contributed by atoms with van der Waals surface area (Å²) in [6.07, 6.45) is 0. The number of morpholine rings is 1. The molecular weight excluding hydrogens is 246 g/mol. The third kappa shape index (κ3) is 3.30. The fourth-order valence-corrected chi connectivity index (χ4v) is 2.34. The van der Waals surface area contributed by atoms with E-state index in [9.17, 15) is 0 Å². The summed E-state index contributed by atoms with van der Waals surface area (Å²) >= 11 is 0. The second-order valence-electron chi connectivity index (χ2n) is 4.56. The lowest BCUT2D eigenvalue weighted by Crippen LogP contribution is -3.12. The summed E-state index contributed by atoms with van der Waals surface area (Å²) in [6.45, 7) is 4.61. The van der Waals surface area contributed by atoms with Gasteiger partial charge in [-0.2, -0.15) is 0 Å². The Labute approximate surface area is 114 Å². The van der Waals surface area contributed by atoms with Crippen molar-refractivity contribution in [2.45, 2.75) is 6.54 Å². The molecule has 1 N–H and O–H groups in total. The summed E-state index contributed by atoms with van der Waals surface area (Å²) < 4.78 is 21.5. The van der Waals surface area contributed by atoms with E-state index >= 15 is 0 Å². The van der Waals surface area contributed by atoms with Gasteiger partial charge in [0.2, 0.25) is 0 Å². The Bertz CT molecular complexity index is 416. The highest BCUT2D eigenvalue weighted by Crippen LogP contribution is 2.34. The van der Waals surface area contributed by atoms with Gasteiger partial charge in [-0.3, -0.25) is 0 Å². The van der Waals surface area contributed by atoms with Crippen molar-refractivity contribution < 1.29 is 23.8 Å². The average Bonchev–Trinajstić information content (AvgIpc) is 2.47. The van der Waals surface area contributed by atoms with Crippen molar-refractivity contribution in [1.82, 2.24) is 0 Å².